The quantitative estimate of drug-likeness (QED) is 0.306. The largest absolute Gasteiger partial charge is 0.379 e. The zero-order valence-corrected chi connectivity index (χ0v) is 19.7. The lowest BCUT2D eigenvalue weighted by atomic mass is 10.2. The molecule has 3 rings (SSSR count). The van der Waals surface area contributed by atoms with E-state index in [1.807, 2.05) is 24.3 Å². The standard InChI is InChI=1S/C19H27ClN6O2.HI/c1-2-21-19(23-8-9-26-10-12-27-13-11-26)22-7-6-17-24-18(25-28-17)15-4-3-5-16(20)14-15;/h3-5,14H,2,6-13H2,1H3,(H2,21,22,23);1H. The van der Waals surface area contributed by atoms with E-state index in [0.717, 1.165) is 57.5 Å². The molecule has 0 radical (unpaired) electrons. The second-order valence-electron chi connectivity index (χ2n) is 6.41. The summed E-state index contributed by atoms with van der Waals surface area (Å²) in [6.45, 7) is 8.77. The highest BCUT2D eigenvalue weighted by Crippen LogP contribution is 2.19. The van der Waals surface area contributed by atoms with Crippen molar-refractivity contribution in [3.63, 3.8) is 0 Å². The van der Waals surface area contributed by atoms with Crippen LogP contribution < -0.4 is 10.6 Å². The summed E-state index contributed by atoms with van der Waals surface area (Å²) in [4.78, 5) is 11.4. The minimum atomic E-state index is 0. The van der Waals surface area contributed by atoms with Crippen molar-refractivity contribution in [2.75, 3.05) is 52.5 Å². The maximum Gasteiger partial charge on any atom is 0.228 e. The van der Waals surface area contributed by atoms with Gasteiger partial charge in [-0.15, -0.1) is 24.0 Å². The Bertz CT molecular complexity index is 767. The van der Waals surface area contributed by atoms with E-state index in [2.05, 4.69) is 37.6 Å². The van der Waals surface area contributed by atoms with Gasteiger partial charge < -0.3 is 19.9 Å². The molecule has 0 unspecified atom stereocenters. The van der Waals surface area contributed by atoms with Gasteiger partial charge in [0.05, 0.1) is 19.8 Å². The molecule has 1 aromatic heterocycles. The van der Waals surface area contributed by atoms with Crippen molar-refractivity contribution in [1.29, 1.82) is 0 Å². The van der Waals surface area contributed by atoms with E-state index in [4.69, 9.17) is 20.9 Å². The molecule has 0 bridgehead atoms. The van der Waals surface area contributed by atoms with Gasteiger partial charge in [-0.25, -0.2) is 0 Å². The molecule has 29 heavy (non-hydrogen) atoms. The van der Waals surface area contributed by atoms with Gasteiger partial charge in [0.1, 0.15) is 0 Å². The molecule has 0 amide bonds. The molecule has 1 aliphatic heterocycles. The number of nitrogens with one attached hydrogen (secondary N) is 2. The fourth-order valence-electron chi connectivity index (χ4n) is 2.86. The Labute approximate surface area is 193 Å². The third-order valence-corrected chi connectivity index (χ3v) is 4.55. The lowest BCUT2D eigenvalue weighted by molar-refractivity contribution is 0.0394. The van der Waals surface area contributed by atoms with Crippen LogP contribution in [0.15, 0.2) is 33.8 Å². The molecule has 1 saturated heterocycles. The summed E-state index contributed by atoms with van der Waals surface area (Å²) in [7, 11) is 0. The Balaban J connectivity index is 0.00000300. The normalized spacial score (nSPS) is 15.0. The average molecular weight is 535 g/mol. The first-order valence-electron chi connectivity index (χ1n) is 9.65. The molecule has 0 atom stereocenters. The number of morpholine rings is 1. The Hall–Kier alpha value is -1.43. The van der Waals surface area contributed by atoms with E-state index < -0.39 is 0 Å². The minimum Gasteiger partial charge on any atom is -0.379 e. The fraction of sp³-hybridized carbons (Fsp3) is 0.526. The third kappa shape index (κ3) is 8.07. The van der Waals surface area contributed by atoms with Crippen molar-refractivity contribution in [3.05, 3.63) is 35.2 Å². The van der Waals surface area contributed by atoms with Crippen molar-refractivity contribution in [2.24, 2.45) is 4.99 Å². The number of hydrogen-bond acceptors (Lipinski definition) is 6. The van der Waals surface area contributed by atoms with Gasteiger partial charge in [-0.1, -0.05) is 28.9 Å². The third-order valence-electron chi connectivity index (χ3n) is 4.32. The summed E-state index contributed by atoms with van der Waals surface area (Å²) >= 11 is 6.02. The maximum atomic E-state index is 6.02. The van der Waals surface area contributed by atoms with Gasteiger partial charge in [0.15, 0.2) is 5.96 Å². The molecule has 1 fully saturated rings. The fourth-order valence-corrected chi connectivity index (χ4v) is 3.05. The molecule has 0 aliphatic carbocycles. The molecular weight excluding hydrogens is 507 g/mol. The molecule has 1 aliphatic rings. The molecule has 8 nitrogen and oxygen atoms in total. The molecule has 0 spiro atoms. The van der Waals surface area contributed by atoms with Gasteiger partial charge >= 0.3 is 0 Å². The first-order valence-corrected chi connectivity index (χ1v) is 10.0. The zero-order chi connectivity index (χ0) is 19.6. The zero-order valence-electron chi connectivity index (χ0n) is 16.6. The Morgan fingerprint density at radius 2 is 2.10 bits per heavy atom. The molecular formula is C19H28ClIN6O2. The number of halogens is 2. The summed E-state index contributed by atoms with van der Waals surface area (Å²) in [6.07, 6.45) is 0.613. The summed E-state index contributed by atoms with van der Waals surface area (Å²) in [6, 6.07) is 7.41. The van der Waals surface area contributed by atoms with Crippen molar-refractivity contribution in [1.82, 2.24) is 25.7 Å². The molecule has 2 heterocycles. The Kier molecular flexibility index (Phi) is 10.7. The van der Waals surface area contributed by atoms with E-state index in [0.29, 0.717) is 29.7 Å². The van der Waals surface area contributed by atoms with Gasteiger partial charge in [-0.3, -0.25) is 9.89 Å². The van der Waals surface area contributed by atoms with Crippen LogP contribution in [-0.2, 0) is 11.2 Å². The van der Waals surface area contributed by atoms with Crippen LogP contribution in [0.4, 0.5) is 0 Å². The predicted octanol–water partition coefficient (Wildman–Crippen LogP) is 2.44. The molecule has 2 aromatic rings. The van der Waals surface area contributed by atoms with Crippen molar-refractivity contribution in [3.8, 4) is 11.4 Å². The second kappa shape index (κ2) is 13.0. The lowest BCUT2D eigenvalue weighted by Crippen LogP contribution is -2.40. The monoisotopic (exact) mass is 534 g/mol. The van der Waals surface area contributed by atoms with Crippen LogP contribution in [0.25, 0.3) is 11.4 Å². The lowest BCUT2D eigenvalue weighted by Gasteiger charge is -2.25. The average Bonchev–Trinajstić information content (AvgIpc) is 3.18. The van der Waals surface area contributed by atoms with Gasteiger partial charge in [0.2, 0.25) is 11.7 Å². The van der Waals surface area contributed by atoms with Crippen LogP contribution in [0, 0.1) is 0 Å². The first kappa shape index (κ1) is 23.8. The molecule has 1 aromatic carbocycles. The summed E-state index contributed by atoms with van der Waals surface area (Å²) < 4.78 is 10.7. The smallest absolute Gasteiger partial charge is 0.228 e. The van der Waals surface area contributed by atoms with Crippen molar-refractivity contribution >= 4 is 41.5 Å². The van der Waals surface area contributed by atoms with Crippen LogP contribution in [0.5, 0.6) is 0 Å². The summed E-state index contributed by atoms with van der Waals surface area (Å²) in [5.74, 6) is 1.92. The number of hydrogen-bond donors (Lipinski definition) is 2. The number of aromatic nitrogens is 2. The SMILES string of the molecule is CCNC(=NCCN1CCOCC1)NCCc1nc(-c2cccc(Cl)c2)no1.I. The predicted molar refractivity (Wildman–Crippen MR) is 125 cm³/mol. The highest BCUT2D eigenvalue weighted by molar-refractivity contribution is 14.0. The van der Waals surface area contributed by atoms with Crippen molar-refractivity contribution in [2.45, 2.75) is 13.3 Å². The van der Waals surface area contributed by atoms with Crippen LogP contribution in [0.1, 0.15) is 12.8 Å². The van der Waals surface area contributed by atoms with Gasteiger partial charge in [-0.2, -0.15) is 4.98 Å². The molecule has 160 valence electrons. The van der Waals surface area contributed by atoms with E-state index in [1.54, 1.807) is 0 Å². The number of benzene rings is 1. The highest BCUT2D eigenvalue weighted by Gasteiger charge is 2.10. The molecule has 2 N–H and O–H groups in total. The second-order valence-corrected chi connectivity index (χ2v) is 6.85. The number of aliphatic imine (C=N–C) groups is 1. The van der Waals surface area contributed by atoms with Crippen molar-refractivity contribution < 1.29 is 9.26 Å². The summed E-state index contributed by atoms with van der Waals surface area (Å²) in [5.41, 5.74) is 0.841. The van der Waals surface area contributed by atoms with Crippen LogP contribution in [0.2, 0.25) is 5.02 Å². The van der Waals surface area contributed by atoms with E-state index in [9.17, 15) is 0 Å². The highest BCUT2D eigenvalue weighted by atomic mass is 127. The number of nitrogens with zero attached hydrogens (tertiary/aromatic N) is 4. The van der Waals surface area contributed by atoms with Gasteiger partial charge in [0, 0.05) is 49.7 Å². The molecule has 10 heteroatoms. The first-order chi connectivity index (χ1) is 13.7. The van der Waals surface area contributed by atoms with Crippen LogP contribution in [-0.4, -0.2) is 73.5 Å². The number of guanidine groups is 1. The minimum absolute atomic E-state index is 0. The van der Waals surface area contributed by atoms with Gasteiger partial charge in [0.25, 0.3) is 0 Å². The number of ether oxygens (including phenoxy) is 1. The Morgan fingerprint density at radius 1 is 1.28 bits per heavy atom. The van der Waals surface area contributed by atoms with Crippen LogP contribution >= 0.6 is 35.6 Å². The van der Waals surface area contributed by atoms with E-state index >= 15 is 0 Å². The molecule has 0 saturated carbocycles. The van der Waals surface area contributed by atoms with Crippen LogP contribution in [0.3, 0.4) is 0 Å². The summed E-state index contributed by atoms with van der Waals surface area (Å²) in [5, 5.41) is 11.2. The van der Waals surface area contributed by atoms with E-state index in [-0.39, 0.29) is 24.0 Å². The maximum absolute atomic E-state index is 6.02. The van der Waals surface area contributed by atoms with E-state index in [1.165, 1.54) is 0 Å². The Morgan fingerprint density at radius 3 is 2.86 bits per heavy atom. The van der Waals surface area contributed by atoms with Gasteiger partial charge in [-0.05, 0) is 19.1 Å². The number of rotatable bonds is 8. The topological polar surface area (TPSA) is 87.8 Å².